The number of ether oxygens (including phenoxy) is 1. The molecule has 2 aromatic heterocycles. The largest absolute Gasteiger partial charge is 0.497 e. The third-order valence-corrected chi connectivity index (χ3v) is 6.15. The van der Waals surface area contributed by atoms with Crippen LogP contribution in [0.25, 0.3) is 22.6 Å². The van der Waals surface area contributed by atoms with E-state index < -0.39 is 16.9 Å². The highest BCUT2D eigenvalue weighted by molar-refractivity contribution is 8.00. The molecular weight excluding hydrogens is 456 g/mol. The van der Waals surface area contributed by atoms with Crippen LogP contribution in [0.1, 0.15) is 6.92 Å². The van der Waals surface area contributed by atoms with Crippen LogP contribution in [0.3, 0.4) is 0 Å². The maximum Gasteiger partial charge on any atom is 0.239 e. The lowest BCUT2D eigenvalue weighted by Crippen LogP contribution is -2.22. The number of hydrogen-bond donors (Lipinski definition) is 2. The number of aromatic amines is 1. The van der Waals surface area contributed by atoms with Gasteiger partial charge in [-0.25, -0.2) is 18.7 Å². The van der Waals surface area contributed by atoms with Crippen LogP contribution in [0.4, 0.5) is 13.9 Å². The Morgan fingerprint density at radius 1 is 1.12 bits per heavy atom. The number of rotatable bonds is 7. The second-order valence-corrected chi connectivity index (χ2v) is 8.78. The molecular formula is C21H17F2N5O2S2. The molecule has 0 radical (unpaired) electrons. The van der Waals surface area contributed by atoms with E-state index in [0.717, 1.165) is 23.4 Å². The van der Waals surface area contributed by atoms with E-state index in [1.165, 1.54) is 29.2 Å². The first-order valence-corrected chi connectivity index (χ1v) is 11.1. The predicted molar refractivity (Wildman–Crippen MR) is 120 cm³/mol. The van der Waals surface area contributed by atoms with Crippen molar-refractivity contribution in [2.75, 3.05) is 12.4 Å². The molecule has 2 heterocycles. The summed E-state index contributed by atoms with van der Waals surface area (Å²) in [7, 11) is 1.60. The van der Waals surface area contributed by atoms with Gasteiger partial charge in [0.25, 0.3) is 0 Å². The molecule has 0 fully saturated rings. The Bertz CT molecular complexity index is 1240. The highest BCUT2D eigenvalue weighted by Gasteiger charge is 2.19. The second-order valence-electron chi connectivity index (χ2n) is 6.61. The first-order valence-electron chi connectivity index (χ1n) is 9.38. The van der Waals surface area contributed by atoms with Crippen molar-refractivity contribution in [3.63, 3.8) is 0 Å². The number of aromatic nitrogens is 4. The number of carbonyl (C=O) groups excluding carboxylic acids is 1. The van der Waals surface area contributed by atoms with Crippen molar-refractivity contribution in [1.82, 2.24) is 20.2 Å². The summed E-state index contributed by atoms with van der Waals surface area (Å²) in [6, 6.07) is 10.9. The Balaban J connectivity index is 1.38. The first kappa shape index (κ1) is 21.9. The minimum absolute atomic E-state index is 0.281. The van der Waals surface area contributed by atoms with Gasteiger partial charge in [-0.15, -0.1) is 16.4 Å². The zero-order valence-electron chi connectivity index (χ0n) is 16.9. The topological polar surface area (TPSA) is 92.8 Å². The highest BCUT2D eigenvalue weighted by atomic mass is 32.2. The summed E-state index contributed by atoms with van der Waals surface area (Å²) in [5.74, 6) is -0.837. The Kier molecular flexibility index (Phi) is 6.47. The minimum atomic E-state index is -0.952. The third-order valence-electron chi connectivity index (χ3n) is 4.43. The SMILES string of the molecule is COc1ccc(-c2nc(S[C@H](C)C(=O)Nc3nc(-c4ccc(F)c(F)c4)cs3)n[nH]2)cc1. The van der Waals surface area contributed by atoms with Crippen molar-refractivity contribution in [1.29, 1.82) is 0 Å². The van der Waals surface area contributed by atoms with Gasteiger partial charge in [0.2, 0.25) is 11.1 Å². The maximum atomic E-state index is 13.4. The number of halogens is 2. The number of thiazole rings is 1. The van der Waals surface area contributed by atoms with Crippen LogP contribution in [0.5, 0.6) is 5.75 Å². The smallest absolute Gasteiger partial charge is 0.239 e. The molecule has 11 heteroatoms. The third kappa shape index (κ3) is 4.94. The zero-order chi connectivity index (χ0) is 22.7. The highest BCUT2D eigenvalue weighted by Crippen LogP contribution is 2.28. The van der Waals surface area contributed by atoms with Gasteiger partial charge in [0.1, 0.15) is 5.75 Å². The first-order chi connectivity index (χ1) is 15.4. The summed E-state index contributed by atoms with van der Waals surface area (Å²) >= 11 is 2.39. The van der Waals surface area contributed by atoms with Crippen molar-refractivity contribution in [3.8, 4) is 28.4 Å². The van der Waals surface area contributed by atoms with E-state index in [9.17, 15) is 13.6 Å². The fourth-order valence-electron chi connectivity index (χ4n) is 2.71. The summed E-state index contributed by atoms with van der Waals surface area (Å²) < 4.78 is 31.7. The van der Waals surface area contributed by atoms with Gasteiger partial charge in [-0.05, 0) is 49.4 Å². The number of hydrogen-bond acceptors (Lipinski definition) is 7. The number of benzene rings is 2. The number of thioether (sulfide) groups is 1. The standard InChI is InChI=1S/C21H17F2N5O2S2/c1-11(32-21-25-18(27-28-21)12-3-6-14(30-2)7-4-12)19(29)26-20-24-17(10-31-20)13-5-8-15(22)16(23)9-13/h3-11H,1-2H3,(H,24,26,29)(H,25,27,28)/t11-/m1/s1. The van der Waals surface area contributed by atoms with Crippen molar-refractivity contribution >= 4 is 34.1 Å². The van der Waals surface area contributed by atoms with Crippen LogP contribution in [0, 0.1) is 11.6 Å². The van der Waals surface area contributed by atoms with E-state index in [0.29, 0.717) is 27.4 Å². The lowest BCUT2D eigenvalue weighted by Gasteiger charge is -2.07. The maximum absolute atomic E-state index is 13.4. The zero-order valence-corrected chi connectivity index (χ0v) is 18.6. The quantitative estimate of drug-likeness (QED) is 0.367. The van der Waals surface area contributed by atoms with Crippen molar-refractivity contribution < 1.29 is 18.3 Å². The molecule has 4 aromatic rings. The number of nitrogens with zero attached hydrogens (tertiary/aromatic N) is 3. The Hall–Kier alpha value is -3.31. The Morgan fingerprint density at radius 3 is 2.59 bits per heavy atom. The number of anilines is 1. The number of carbonyl (C=O) groups is 1. The van der Waals surface area contributed by atoms with E-state index in [2.05, 4.69) is 25.5 Å². The monoisotopic (exact) mass is 473 g/mol. The summed E-state index contributed by atoms with van der Waals surface area (Å²) in [6.45, 7) is 1.73. The van der Waals surface area contributed by atoms with Gasteiger partial charge in [-0.2, -0.15) is 0 Å². The Morgan fingerprint density at radius 2 is 1.88 bits per heavy atom. The van der Waals surface area contributed by atoms with Crippen LogP contribution >= 0.6 is 23.1 Å². The van der Waals surface area contributed by atoms with E-state index >= 15 is 0 Å². The average Bonchev–Trinajstić information content (AvgIpc) is 3.45. The fourth-order valence-corrected chi connectivity index (χ4v) is 4.16. The molecule has 1 atom stereocenters. The van der Waals surface area contributed by atoms with Crippen LogP contribution in [0.2, 0.25) is 0 Å². The molecule has 0 saturated carbocycles. The van der Waals surface area contributed by atoms with Crippen LogP contribution in [-0.2, 0) is 4.79 Å². The van der Waals surface area contributed by atoms with Gasteiger partial charge < -0.3 is 10.1 Å². The molecule has 0 aliphatic carbocycles. The van der Waals surface area contributed by atoms with Gasteiger partial charge in [0.05, 0.1) is 18.1 Å². The van der Waals surface area contributed by atoms with Gasteiger partial charge >= 0.3 is 0 Å². The Labute approximate surface area is 190 Å². The summed E-state index contributed by atoms with van der Waals surface area (Å²) in [6.07, 6.45) is 0. The lowest BCUT2D eigenvalue weighted by atomic mass is 10.2. The number of methoxy groups -OCH3 is 1. The molecule has 0 spiro atoms. The van der Waals surface area contributed by atoms with E-state index in [4.69, 9.17) is 4.74 Å². The molecule has 32 heavy (non-hydrogen) atoms. The van der Waals surface area contributed by atoms with E-state index in [-0.39, 0.29) is 5.91 Å². The number of H-pyrrole nitrogens is 1. The molecule has 2 aromatic carbocycles. The number of amides is 1. The van der Waals surface area contributed by atoms with E-state index in [1.54, 1.807) is 19.4 Å². The van der Waals surface area contributed by atoms with Gasteiger partial charge in [-0.1, -0.05) is 11.8 Å². The molecule has 7 nitrogen and oxygen atoms in total. The molecule has 0 aliphatic heterocycles. The molecule has 1 amide bonds. The molecule has 164 valence electrons. The predicted octanol–water partition coefficient (Wildman–Crippen LogP) is 5.00. The van der Waals surface area contributed by atoms with Gasteiger partial charge in [0.15, 0.2) is 22.6 Å². The second kappa shape index (κ2) is 9.45. The van der Waals surface area contributed by atoms with Crippen molar-refractivity contribution in [3.05, 3.63) is 59.5 Å². The molecule has 0 bridgehead atoms. The summed E-state index contributed by atoms with van der Waals surface area (Å²) in [4.78, 5) is 21.3. The normalized spacial score (nSPS) is 11.9. The van der Waals surface area contributed by atoms with Crippen LogP contribution in [0.15, 0.2) is 53.0 Å². The molecule has 0 unspecified atom stereocenters. The van der Waals surface area contributed by atoms with E-state index in [1.807, 2.05) is 24.3 Å². The van der Waals surface area contributed by atoms with Gasteiger partial charge in [0, 0.05) is 16.5 Å². The molecule has 4 rings (SSSR count). The average molecular weight is 474 g/mol. The molecule has 0 saturated heterocycles. The van der Waals surface area contributed by atoms with Crippen LogP contribution in [-0.4, -0.2) is 38.4 Å². The van der Waals surface area contributed by atoms with Crippen molar-refractivity contribution in [2.24, 2.45) is 0 Å². The number of nitrogens with one attached hydrogen (secondary N) is 2. The fraction of sp³-hybridized carbons (Fsp3) is 0.143. The van der Waals surface area contributed by atoms with Crippen LogP contribution < -0.4 is 10.1 Å². The summed E-state index contributed by atoms with van der Waals surface area (Å²) in [5.41, 5.74) is 1.72. The lowest BCUT2D eigenvalue weighted by molar-refractivity contribution is -0.115. The minimum Gasteiger partial charge on any atom is -0.497 e. The summed E-state index contributed by atoms with van der Waals surface area (Å²) in [5, 5.41) is 11.7. The molecule has 0 aliphatic rings. The van der Waals surface area contributed by atoms with Gasteiger partial charge in [-0.3, -0.25) is 9.89 Å². The van der Waals surface area contributed by atoms with Crippen molar-refractivity contribution in [2.45, 2.75) is 17.3 Å². The molecule has 2 N–H and O–H groups in total.